The van der Waals surface area contributed by atoms with Gasteiger partial charge in [0.25, 0.3) is 5.91 Å². The van der Waals surface area contributed by atoms with Crippen molar-refractivity contribution >= 4 is 35.1 Å². The van der Waals surface area contributed by atoms with Crippen LogP contribution in [0, 0.1) is 12.8 Å². The summed E-state index contributed by atoms with van der Waals surface area (Å²) in [5, 5.41) is 3.18. The van der Waals surface area contributed by atoms with E-state index in [1.807, 2.05) is 32.9 Å². The monoisotopic (exact) mass is 379 g/mol. The lowest BCUT2D eigenvalue weighted by Gasteiger charge is -2.21. The van der Waals surface area contributed by atoms with Crippen LogP contribution in [0.1, 0.15) is 29.8 Å². The van der Waals surface area contributed by atoms with Gasteiger partial charge in [-0.15, -0.1) is 0 Å². The summed E-state index contributed by atoms with van der Waals surface area (Å²) in [7, 11) is 0. The number of esters is 1. The van der Waals surface area contributed by atoms with Crippen molar-refractivity contribution in [2.75, 3.05) is 0 Å². The van der Waals surface area contributed by atoms with Crippen molar-refractivity contribution in [2.24, 2.45) is 5.92 Å². The Bertz CT molecular complexity index is 790. The number of ether oxygens (including phenoxy) is 1. The summed E-state index contributed by atoms with van der Waals surface area (Å²) in [5.74, 6) is -0.930. The Morgan fingerprint density at radius 1 is 1.04 bits per heavy atom. The SMILES string of the molecule is Cc1ccccc1C(=O)N[C@H](C(=O)Oc1cccc(Cl)c1Cl)C(C)C. The third kappa shape index (κ3) is 4.74. The van der Waals surface area contributed by atoms with Gasteiger partial charge in [0.05, 0.1) is 5.02 Å². The molecule has 2 rings (SSSR count). The van der Waals surface area contributed by atoms with Crippen LogP contribution in [0.15, 0.2) is 42.5 Å². The number of hydrogen-bond donors (Lipinski definition) is 1. The highest BCUT2D eigenvalue weighted by Crippen LogP contribution is 2.31. The Morgan fingerprint density at radius 3 is 2.36 bits per heavy atom. The van der Waals surface area contributed by atoms with Gasteiger partial charge in [-0.3, -0.25) is 4.79 Å². The molecular formula is C19H19Cl2NO3. The lowest BCUT2D eigenvalue weighted by Crippen LogP contribution is -2.46. The van der Waals surface area contributed by atoms with Gasteiger partial charge >= 0.3 is 5.97 Å². The molecule has 0 aliphatic rings. The zero-order valence-corrected chi connectivity index (χ0v) is 15.7. The van der Waals surface area contributed by atoms with Crippen molar-refractivity contribution in [3.05, 3.63) is 63.6 Å². The molecule has 25 heavy (non-hydrogen) atoms. The molecule has 0 unspecified atom stereocenters. The molecule has 1 atom stereocenters. The van der Waals surface area contributed by atoms with Crippen LogP contribution < -0.4 is 10.1 Å². The third-order valence-electron chi connectivity index (χ3n) is 3.72. The smallest absolute Gasteiger partial charge is 0.334 e. The van der Waals surface area contributed by atoms with Crippen LogP contribution in [0.3, 0.4) is 0 Å². The highest BCUT2D eigenvalue weighted by Gasteiger charge is 2.27. The first kappa shape index (κ1) is 19.3. The fraction of sp³-hybridized carbons (Fsp3) is 0.263. The van der Waals surface area contributed by atoms with Crippen LogP contribution in [0.5, 0.6) is 5.75 Å². The van der Waals surface area contributed by atoms with Crippen molar-refractivity contribution < 1.29 is 14.3 Å². The molecule has 0 aromatic heterocycles. The number of rotatable bonds is 5. The number of aryl methyl sites for hydroxylation is 1. The molecule has 0 spiro atoms. The first-order valence-electron chi connectivity index (χ1n) is 7.83. The minimum absolute atomic E-state index is 0.158. The normalized spacial score (nSPS) is 11.9. The van der Waals surface area contributed by atoms with E-state index in [4.69, 9.17) is 27.9 Å². The average molecular weight is 380 g/mol. The van der Waals surface area contributed by atoms with Gasteiger partial charge in [0, 0.05) is 5.56 Å². The van der Waals surface area contributed by atoms with Crippen LogP contribution in [0.2, 0.25) is 10.0 Å². The Hall–Kier alpha value is -2.04. The van der Waals surface area contributed by atoms with Gasteiger partial charge in [-0.1, -0.05) is 61.3 Å². The summed E-state index contributed by atoms with van der Waals surface area (Å²) in [6.07, 6.45) is 0. The second kappa shape index (κ2) is 8.37. The van der Waals surface area contributed by atoms with E-state index in [0.29, 0.717) is 5.56 Å². The number of benzene rings is 2. The fourth-order valence-corrected chi connectivity index (χ4v) is 2.61. The molecule has 6 heteroatoms. The maximum atomic E-state index is 12.5. The molecule has 0 aliphatic heterocycles. The van der Waals surface area contributed by atoms with E-state index in [0.717, 1.165) is 5.56 Å². The van der Waals surface area contributed by atoms with Crippen LogP contribution in [0.25, 0.3) is 0 Å². The number of amides is 1. The van der Waals surface area contributed by atoms with Crippen LogP contribution in [-0.2, 0) is 4.79 Å². The summed E-state index contributed by atoms with van der Waals surface area (Å²) in [4.78, 5) is 25.0. The van der Waals surface area contributed by atoms with E-state index >= 15 is 0 Å². The second-order valence-electron chi connectivity index (χ2n) is 5.98. The number of hydrogen-bond acceptors (Lipinski definition) is 3. The minimum Gasteiger partial charge on any atom is -0.423 e. The predicted octanol–water partition coefficient (Wildman–Crippen LogP) is 4.66. The van der Waals surface area contributed by atoms with Gasteiger partial charge in [-0.05, 0) is 36.6 Å². The Morgan fingerprint density at radius 2 is 1.72 bits per heavy atom. The van der Waals surface area contributed by atoms with E-state index in [9.17, 15) is 9.59 Å². The number of carbonyl (C=O) groups excluding carboxylic acids is 2. The lowest BCUT2D eigenvalue weighted by molar-refractivity contribution is -0.137. The quantitative estimate of drug-likeness (QED) is 0.606. The summed E-state index contributed by atoms with van der Waals surface area (Å²) < 4.78 is 5.35. The van der Waals surface area contributed by atoms with Crippen LogP contribution in [-0.4, -0.2) is 17.9 Å². The molecule has 2 aromatic rings. The molecule has 0 fully saturated rings. The van der Waals surface area contributed by atoms with Gasteiger partial charge in [0.1, 0.15) is 11.1 Å². The highest BCUT2D eigenvalue weighted by molar-refractivity contribution is 6.43. The third-order valence-corrected chi connectivity index (χ3v) is 4.53. The van der Waals surface area contributed by atoms with Gasteiger partial charge in [-0.25, -0.2) is 4.79 Å². The Balaban J connectivity index is 2.17. The van der Waals surface area contributed by atoms with E-state index < -0.39 is 12.0 Å². The van der Waals surface area contributed by atoms with E-state index in [2.05, 4.69) is 5.32 Å². The molecule has 1 amide bonds. The van der Waals surface area contributed by atoms with Crippen molar-refractivity contribution in [3.63, 3.8) is 0 Å². The first-order chi connectivity index (χ1) is 11.8. The van der Waals surface area contributed by atoms with E-state index in [-0.39, 0.29) is 27.6 Å². The zero-order valence-electron chi connectivity index (χ0n) is 14.2. The standard InChI is InChI=1S/C19H19Cl2NO3/c1-11(2)17(22-18(23)13-8-5-4-7-12(13)3)19(24)25-15-10-6-9-14(20)16(15)21/h4-11,17H,1-3H3,(H,22,23)/t17-/m0/s1. The lowest BCUT2D eigenvalue weighted by atomic mass is 10.0. The summed E-state index contributed by atoms with van der Waals surface area (Å²) in [5.41, 5.74) is 1.34. The molecule has 0 radical (unpaired) electrons. The van der Waals surface area contributed by atoms with Gasteiger partial charge < -0.3 is 10.1 Å². The predicted molar refractivity (Wildman–Crippen MR) is 99.4 cm³/mol. The molecule has 0 saturated heterocycles. The van der Waals surface area contributed by atoms with Crippen LogP contribution >= 0.6 is 23.2 Å². The fourth-order valence-electron chi connectivity index (χ4n) is 2.28. The molecule has 1 N–H and O–H groups in total. The molecule has 132 valence electrons. The minimum atomic E-state index is -0.817. The molecular weight excluding hydrogens is 361 g/mol. The molecule has 4 nitrogen and oxygen atoms in total. The highest BCUT2D eigenvalue weighted by atomic mass is 35.5. The van der Waals surface area contributed by atoms with E-state index in [1.54, 1.807) is 30.3 Å². The maximum Gasteiger partial charge on any atom is 0.334 e. The number of carbonyl (C=O) groups is 2. The molecule has 0 heterocycles. The van der Waals surface area contributed by atoms with Crippen molar-refractivity contribution in [1.29, 1.82) is 0 Å². The van der Waals surface area contributed by atoms with E-state index in [1.165, 1.54) is 0 Å². The first-order valence-corrected chi connectivity index (χ1v) is 8.59. The average Bonchev–Trinajstić information content (AvgIpc) is 2.56. The zero-order chi connectivity index (χ0) is 18.6. The topological polar surface area (TPSA) is 55.4 Å². The molecule has 0 bridgehead atoms. The molecule has 0 saturated carbocycles. The summed E-state index contributed by atoms with van der Waals surface area (Å²) >= 11 is 12.0. The largest absolute Gasteiger partial charge is 0.423 e. The maximum absolute atomic E-state index is 12.5. The molecule has 2 aromatic carbocycles. The van der Waals surface area contributed by atoms with Gasteiger partial charge in [0.15, 0.2) is 5.75 Å². The second-order valence-corrected chi connectivity index (χ2v) is 6.77. The molecule has 0 aliphatic carbocycles. The van der Waals surface area contributed by atoms with Crippen molar-refractivity contribution in [3.8, 4) is 5.75 Å². The van der Waals surface area contributed by atoms with Gasteiger partial charge in [-0.2, -0.15) is 0 Å². The number of nitrogens with one attached hydrogen (secondary N) is 1. The van der Waals surface area contributed by atoms with Gasteiger partial charge in [0.2, 0.25) is 0 Å². The van der Waals surface area contributed by atoms with Crippen molar-refractivity contribution in [1.82, 2.24) is 5.32 Å². The number of halogens is 2. The summed E-state index contributed by atoms with van der Waals surface area (Å²) in [6.45, 7) is 5.48. The van der Waals surface area contributed by atoms with Crippen molar-refractivity contribution in [2.45, 2.75) is 26.8 Å². The Labute approximate surface area is 157 Å². The van der Waals surface area contributed by atoms with Crippen LogP contribution in [0.4, 0.5) is 0 Å². The summed E-state index contributed by atoms with van der Waals surface area (Å²) in [6, 6.07) is 11.1. The Kier molecular flexibility index (Phi) is 6.45.